The highest BCUT2D eigenvalue weighted by Gasteiger charge is 2.10. The van der Waals surface area contributed by atoms with Gasteiger partial charge < -0.3 is 9.15 Å². The van der Waals surface area contributed by atoms with Crippen molar-refractivity contribution in [2.75, 3.05) is 0 Å². The molecule has 0 aliphatic heterocycles. The van der Waals surface area contributed by atoms with Gasteiger partial charge in [0.05, 0.1) is 10.9 Å². The maximum absolute atomic E-state index is 12.2. The zero-order valence-corrected chi connectivity index (χ0v) is 10.6. The van der Waals surface area contributed by atoms with E-state index in [0.29, 0.717) is 16.5 Å². The van der Waals surface area contributed by atoms with Gasteiger partial charge in [-0.15, -0.1) is 0 Å². The van der Waals surface area contributed by atoms with E-state index in [1.54, 1.807) is 30.3 Å². The van der Waals surface area contributed by atoms with Crippen LogP contribution in [0.15, 0.2) is 57.7 Å². The monoisotopic (exact) mass is 289 g/mol. The van der Waals surface area contributed by atoms with Gasteiger partial charge in [0, 0.05) is 5.56 Å². The van der Waals surface area contributed by atoms with Crippen LogP contribution >= 0.6 is 0 Å². The minimum Gasteiger partial charge on any atom is -0.435 e. The van der Waals surface area contributed by atoms with E-state index in [9.17, 15) is 13.6 Å². The van der Waals surface area contributed by atoms with E-state index in [-0.39, 0.29) is 11.6 Å². The Bertz CT molecular complexity index is 845. The highest BCUT2D eigenvalue weighted by molar-refractivity contribution is 5.78. The van der Waals surface area contributed by atoms with Gasteiger partial charge in [0.25, 0.3) is 0 Å². The topological polar surface area (TPSA) is 52.3 Å². The number of alkyl halides is 2. The van der Waals surface area contributed by atoms with Crippen molar-refractivity contribution in [3.8, 4) is 17.2 Å². The number of hydrogen-bond acceptors (Lipinski definition) is 4. The molecular formula is C15H9F2NO3. The fraction of sp³-hybridized carbons (Fsp3) is 0.0667. The Morgan fingerprint density at radius 1 is 1.10 bits per heavy atom. The molecule has 0 N–H and O–H groups in total. The summed E-state index contributed by atoms with van der Waals surface area (Å²) in [5, 5.41) is 0.362. The van der Waals surface area contributed by atoms with Gasteiger partial charge in [0.1, 0.15) is 5.75 Å². The molecule has 106 valence electrons. The number of ether oxygens (including phenoxy) is 1. The molecule has 0 radical (unpaired) electrons. The molecule has 4 nitrogen and oxygen atoms in total. The maximum Gasteiger partial charge on any atom is 0.387 e. The molecule has 3 rings (SSSR count). The zero-order valence-electron chi connectivity index (χ0n) is 10.6. The summed E-state index contributed by atoms with van der Waals surface area (Å²) in [7, 11) is 0. The van der Waals surface area contributed by atoms with E-state index in [0.717, 1.165) is 0 Å². The summed E-state index contributed by atoms with van der Waals surface area (Å²) in [4.78, 5) is 16.1. The van der Waals surface area contributed by atoms with Crippen LogP contribution in [0.5, 0.6) is 5.75 Å². The quantitative estimate of drug-likeness (QED) is 0.741. The van der Waals surface area contributed by atoms with Crippen LogP contribution in [0.2, 0.25) is 0 Å². The molecule has 1 aromatic heterocycles. The van der Waals surface area contributed by atoms with Crippen molar-refractivity contribution in [1.29, 1.82) is 0 Å². The molecule has 0 aliphatic rings. The second kappa shape index (κ2) is 5.32. The summed E-state index contributed by atoms with van der Waals surface area (Å²) in [6, 6.07) is 12.6. The zero-order chi connectivity index (χ0) is 14.8. The van der Waals surface area contributed by atoms with Gasteiger partial charge in [-0.2, -0.15) is 8.78 Å². The Hall–Kier alpha value is -2.76. The maximum atomic E-state index is 12.2. The van der Waals surface area contributed by atoms with Crippen LogP contribution in [-0.4, -0.2) is 11.6 Å². The molecule has 6 heteroatoms. The first-order valence-electron chi connectivity index (χ1n) is 6.08. The SMILES string of the molecule is O=c1oc(-c2cccc(OC(F)F)c2)nc2ccccc12. The van der Waals surface area contributed by atoms with Gasteiger partial charge in [-0.05, 0) is 30.3 Å². The molecule has 0 aliphatic carbocycles. The first-order chi connectivity index (χ1) is 10.1. The summed E-state index contributed by atoms with van der Waals surface area (Å²) >= 11 is 0. The first kappa shape index (κ1) is 13.2. The number of halogens is 2. The third kappa shape index (κ3) is 2.74. The first-order valence-corrected chi connectivity index (χ1v) is 6.08. The van der Waals surface area contributed by atoms with Crippen molar-refractivity contribution in [2.24, 2.45) is 0 Å². The predicted molar refractivity (Wildman–Crippen MR) is 72.3 cm³/mol. The van der Waals surface area contributed by atoms with Gasteiger partial charge in [0.15, 0.2) is 0 Å². The van der Waals surface area contributed by atoms with Crippen LogP contribution in [0, 0.1) is 0 Å². The molecule has 0 fully saturated rings. The van der Waals surface area contributed by atoms with Gasteiger partial charge in [-0.1, -0.05) is 18.2 Å². The van der Waals surface area contributed by atoms with Crippen molar-refractivity contribution in [3.05, 3.63) is 59.0 Å². The van der Waals surface area contributed by atoms with E-state index in [4.69, 9.17) is 4.42 Å². The molecule has 0 atom stereocenters. The van der Waals surface area contributed by atoms with Crippen molar-refractivity contribution in [1.82, 2.24) is 4.98 Å². The number of rotatable bonds is 3. The third-order valence-corrected chi connectivity index (χ3v) is 2.84. The Labute approximate surface area is 117 Å². The van der Waals surface area contributed by atoms with Crippen LogP contribution in [0.3, 0.4) is 0 Å². The second-order valence-corrected chi connectivity index (χ2v) is 4.23. The normalized spacial score (nSPS) is 11.0. The van der Waals surface area contributed by atoms with Gasteiger partial charge in [0.2, 0.25) is 5.89 Å². The van der Waals surface area contributed by atoms with Crippen molar-refractivity contribution >= 4 is 10.9 Å². The molecule has 21 heavy (non-hydrogen) atoms. The summed E-state index contributed by atoms with van der Waals surface area (Å²) in [5.74, 6) is 0.0264. The lowest BCUT2D eigenvalue weighted by molar-refractivity contribution is -0.0498. The number of nitrogens with zero attached hydrogens (tertiary/aromatic N) is 1. The highest BCUT2D eigenvalue weighted by atomic mass is 19.3. The lowest BCUT2D eigenvalue weighted by Gasteiger charge is -2.06. The van der Waals surface area contributed by atoms with Gasteiger partial charge in [-0.3, -0.25) is 0 Å². The Morgan fingerprint density at radius 3 is 2.71 bits per heavy atom. The molecule has 0 spiro atoms. The number of benzene rings is 2. The van der Waals surface area contributed by atoms with Crippen LogP contribution in [0.25, 0.3) is 22.4 Å². The molecule has 0 bridgehead atoms. The summed E-state index contributed by atoms with van der Waals surface area (Å²) in [5.41, 5.74) is 0.329. The molecule has 0 amide bonds. The van der Waals surface area contributed by atoms with Crippen molar-refractivity contribution < 1.29 is 17.9 Å². The Morgan fingerprint density at radius 2 is 1.90 bits per heavy atom. The van der Waals surface area contributed by atoms with E-state index in [1.807, 2.05) is 0 Å². The van der Waals surface area contributed by atoms with Crippen LogP contribution in [-0.2, 0) is 0 Å². The predicted octanol–water partition coefficient (Wildman–Crippen LogP) is 3.46. The average Bonchev–Trinajstić information content (AvgIpc) is 2.47. The van der Waals surface area contributed by atoms with Crippen LogP contribution in [0.1, 0.15) is 0 Å². The minimum absolute atomic E-state index is 0.0277. The summed E-state index contributed by atoms with van der Waals surface area (Å²) in [6.07, 6.45) is 0. The number of hydrogen-bond donors (Lipinski definition) is 0. The largest absolute Gasteiger partial charge is 0.435 e. The molecule has 1 heterocycles. The van der Waals surface area contributed by atoms with Gasteiger partial charge >= 0.3 is 12.2 Å². The van der Waals surface area contributed by atoms with Crippen LogP contribution in [0.4, 0.5) is 8.78 Å². The number of para-hydroxylation sites is 1. The van der Waals surface area contributed by atoms with E-state index < -0.39 is 12.2 Å². The molecule has 0 saturated heterocycles. The average molecular weight is 289 g/mol. The smallest absolute Gasteiger partial charge is 0.387 e. The summed E-state index contributed by atoms with van der Waals surface area (Å²) in [6.45, 7) is -2.92. The molecule has 0 saturated carbocycles. The Kier molecular flexibility index (Phi) is 3.35. The molecule has 3 aromatic rings. The summed E-state index contributed by atoms with van der Waals surface area (Å²) < 4.78 is 33.9. The molecule has 2 aromatic carbocycles. The van der Waals surface area contributed by atoms with E-state index in [2.05, 4.69) is 9.72 Å². The van der Waals surface area contributed by atoms with E-state index >= 15 is 0 Å². The highest BCUT2D eigenvalue weighted by Crippen LogP contribution is 2.23. The van der Waals surface area contributed by atoms with Crippen molar-refractivity contribution in [3.63, 3.8) is 0 Å². The Balaban J connectivity index is 2.10. The minimum atomic E-state index is -2.92. The lowest BCUT2D eigenvalue weighted by atomic mass is 10.2. The van der Waals surface area contributed by atoms with Crippen molar-refractivity contribution in [2.45, 2.75) is 6.61 Å². The molecular weight excluding hydrogens is 280 g/mol. The van der Waals surface area contributed by atoms with E-state index in [1.165, 1.54) is 18.2 Å². The number of fused-ring (bicyclic) bond motifs is 1. The standard InChI is InChI=1S/C15H9F2NO3/c16-15(17)20-10-5-3-4-9(8-10)13-18-12-7-2-1-6-11(12)14(19)21-13/h1-8,15H. The second-order valence-electron chi connectivity index (χ2n) is 4.23. The lowest BCUT2D eigenvalue weighted by Crippen LogP contribution is -2.04. The third-order valence-electron chi connectivity index (χ3n) is 2.84. The number of aromatic nitrogens is 1. The van der Waals surface area contributed by atoms with Crippen LogP contribution < -0.4 is 10.4 Å². The molecule has 0 unspecified atom stereocenters. The fourth-order valence-corrected chi connectivity index (χ4v) is 1.95. The fourth-order valence-electron chi connectivity index (χ4n) is 1.95. The van der Waals surface area contributed by atoms with Gasteiger partial charge in [-0.25, -0.2) is 9.78 Å².